The molecule has 2 aromatic carbocycles. The lowest BCUT2D eigenvalue weighted by Crippen LogP contribution is -2.07. The predicted molar refractivity (Wildman–Crippen MR) is 59.9 cm³/mol. The first kappa shape index (κ1) is 10.6. The summed E-state index contributed by atoms with van der Waals surface area (Å²) < 4.78 is 18.4. The first-order valence-electron chi connectivity index (χ1n) is 5.08. The number of halogens is 1. The number of carbonyl (C=O) groups is 1. The minimum atomic E-state index is -0.614. The van der Waals surface area contributed by atoms with Crippen molar-refractivity contribution in [2.45, 2.75) is 6.92 Å². The number of hydrogen-bond acceptors (Lipinski definition) is 2. The average molecular weight is 218 g/mol. The van der Waals surface area contributed by atoms with E-state index < -0.39 is 11.8 Å². The maximum absolute atomic E-state index is 13.6. The molecule has 0 amide bonds. The van der Waals surface area contributed by atoms with Gasteiger partial charge in [-0.25, -0.2) is 9.18 Å². The number of esters is 1. The van der Waals surface area contributed by atoms with Crippen LogP contribution >= 0.6 is 0 Å². The van der Waals surface area contributed by atoms with Crippen molar-refractivity contribution in [2.75, 3.05) is 6.61 Å². The lowest BCUT2D eigenvalue weighted by Gasteiger charge is -2.06. The molecule has 2 nitrogen and oxygen atoms in total. The van der Waals surface area contributed by atoms with E-state index in [2.05, 4.69) is 0 Å². The topological polar surface area (TPSA) is 26.3 Å². The Morgan fingerprint density at radius 2 is 2.00 bits per heavy atom. The van der Waals surface area contributed by atoms with Crippen LogP contribution in [0, 0.1) is 5.82 Å². The van der Waals surface area contributed by atoms with Crippen LogP contribution in [0.15, 0.2) is 36.4 Å². The summed E-state index contributed by atoms with van der Waals surface area (Å²) >= 11 is 0. The molecule has 0 aliphatic carbocycles. The van der Waals surface area contributed by atoms with Crippen molar-refractivity contribution in [3.05, 3.63) is 47.8 Å². The molecule has 0 aromatic heterocycles. The van der Waals surface area contributed by atoms with E-state index in [1.165, 1.54) is 6.07 Å². The normalized spacial score (nSPS) is 10.4. The maximum atomic E-state index is 13.6. The van der Waals surface area contributed by atoms with Gasteiger partial charge in [-0.05, 0) is 23.8 Å². The highest BCUT2D eigenvalue weighted by atomic mass is 19.1. The van der Waals surface area contributed by atoms with E-state index in [1.54, 1.807) is 25.1 Å². The highest BCUT2D eigenvalue weighted by Crippen LogP contribution is 2.22. The molecule has 0 saturated carbocycles. The van der Waals surface area contributed by atoms with E-state index in [0.29, 0.717) is 5.39 Å². The molecule has 0 unspecified atom stereocenters. The van der Waals surface area contributed by atoms with Crippen molar-refractivity contribution in [1.82, 2.24) is 0 Å². The molecule has 0 saturated heterocycles. The molecule has 0 atom stereocenters. The highest BCUT2D eigenvalue weighted by Gasteiger charge is 2.16. The van der Waals surface area contributed by atoms with Crippen molar-refractivity contribution in [3.8, 4) is 0 Å². The monoisotopic (exact) mass is 218 g/mol. The summed E-state index contributed by atoms with van der Waals surface area (Å²) in [7, 11) is 0. The fourth-order valence-electron chi connectivity index (χ4n) is 1.66. The van der Waals surface area contributed by atoms with E-state index in [9.17, 15) is 9.18 Å². The molecule has 0 aliphatic heterocycles. The molecule has 0 aliphatic rings. The largest absolute Gasteiger partial charge is 0.462 e. The number of rotatable bonds is 2. The first-order valence-corrected chi connectivity index (χ1v) is 5.08. The van der Waals surface area contributed by atoms with Crippen LogP contribution in [-0.4, -0.2) is 12.6 Å². The van der Waals surface area contributed by atoms with E-state index in [1.807, 2.05) is 12.1 Å². The summed E-state index contributed by atoms with van der Waals surface area (Å²) in [5.74, 6) is -1.16. The van der Waals surface area contributed by atoms with Crippen molar-refractivity contribution in [3.63, 3.8) is 0 Å². The van der Waals surface area contributed by atoms with Crippen molar-refractivity contribution in [1.29, 1.82) is 0 Å². The van der Waals surface area contributed by atoms with Crippen molar-refractivity contribution >= 4 is 16.7 Å². The van der Waals surface area contributed by atoms with Crippen LogP contribution in [0.2, 0.25) is 0 Å². The molecule has 2 rings (SSSR count). The quantitative estimate of drug-likeness (QED) is 0.724. The third-order valence-corrected chi connectivity index (χ3v) is 2.36. The first-order chi connectivity index (χ1) is 7.74. The Bertz CT molecular complexity index is 534. The molecule has 3 heteroatoms. The van der Waals surface area contributed by atoms with Gasteiger partial charge in [0.15, 0.2) is 0 Å². The smallest absolute Gasteiger partial charge is 0.341 e. The average Bonchev–Trinajstić information content (AvgIpc) is 2.29. The van der Waals surface area contributed by atoms with Crippen LogP contribution in [0.25, 0.3) is 10.8 Å². The molecular weight excluding hydrogens is 207 g/mol. The number of hydrogen-bond donors (Lipinski definition) is 0. The molecule has 0 spiro atoms. The minimum absolute atomic E-state index is 0.0138. The van der Waals surface area contributed by atoms with E-state index in [-0.39, 0.29) is 12.2 Å². The van der Waals surface area contributed by atoms with Gasteiger partial charge in [0.05, 0.1) is 6.61 Å². The molecule has 16 heavy (non-hydrogen) atoms. The summed E-state index contributed by atoms with van der Waals surface area (Å²) in [6.45, 7) is 1.93. The Hall–Kier alpha value is -1.90. The second kappa shape index (κ2) is 4.31. The Morgan fingerprint density at radius 1 is 1.25 bits per heavy atom. The van der Waals surface area contributed by atoms with Crippen LogP contribution in [0.3, 0.4) is 0 Å². The SMILES string of the molecule is CCOC(=O)c1c(F)ccc2ccccc12. The molecule has 0 bridgehead atoms. The van der Waals surface area contributed by atoms with Crippen LogP contribution < -0.4 is 0 Å². The molecule has 82 valence electrons. The summed E-state index contributed by atoms with van der Waals surface area (Å²) in [4.78, 5) is 11.6. The van der Waals surface area contributed by atoms with Gasteiger partial charge in [-0.1, -0.05) is 30.3 Å². The van der Waals surface area contributed by atoms with Crippen LogP contribution in [0.5, 0.6) is 0 Å². The second-order valence-corrected chi connectivity index (χ2v) is 3.36. The van der Waals surface area contributed by atoms with Gasteiger partial charge in [0.25, 0.3) is 0 Å². The number of ether oxygens (including phenoxy) is 1. The van der Waals surface area contributed by atoms with Gasteiger partial charge < -0.3 is 4.74 Å². The molecule has 0 N–H and O–H groups in total. The fourth-order valence-corrected chi connectivity index (χ4v) is 1.66. The standard InChI is InChI=1S/C13H11FO2/c1-2-16-13(15)12-10-6-4-3-5-9(10)7-8-11(12)14/h3-8H,2H2,1H3. The molecule has 0 heterocycles. The van der Waals surface area contributed by atoms with E-state index in [4.69, 9.17) is 4.74 Å². The Labute approximate surface area is 92.6 Å². The van der Waals surface area contributed by atoms with Gasteiger partial charge in [0, 0.05) is 0 Å². The molecule has 0 radical (unpaired) electrons. The van der Waals surface area contributed by atoms with Crippen LogP contribution in [0.1, 0.15) is 17.3 Å². The van der Waals surface area contributed by atoms with Crippen LogP contribution in [-0.2, 0) is 4.74 Å². The van der Waals surface area contributed by atoms with E-state index >= 15 is 0 Å². The number of carbonyl (C=O) groups excluding carboxylic acids is 1. The summed E-state index contributed by atoms with van der Waals surface area (Å²) in [5.41, 5.74) is 0.0138. The Morgan fingerprint density at radius 3 is 2.75 bits per heavy atom. The fraction of sp³-hybridized carbons (Fsp3) is 0.154. The summed E-state index contributed by atoms with van der Waals surface area (Å²) in [5, 5.41) is 1.41. The zero-order chi connectivity index (χ0) is 11.5. The van der Waals surface area contributed by atoms with Crippen molar-refractivity contribution < 1.29 is 13.9 Å². The summed E-state index contributed by atoms with van der Waals surface area (Å²) in [6, 6.07) is 10.1. The van der Waals surface area contributed by atoms with Gasteiger partial charge in [0.1, 0.15) is 11.4 Å². The lowest BCUT2D eigenvalue weighted by molar-refractivity contribution is 0.0523. The second-order valence-electron chi connectivity index (χ2n) is 3.36. The van der Waals surface area contributed by atoms with Crippen LogP contribution in [0.4, 0.5) is 4.39 Å². The third-order valence-electron chi connectivity index (χ3n) is 2.36. The van der Waals surface area contributed by atoms with E-state index in [0.717, 1.165) is 5.39 Å². The summed E-state index contributed by atoms with van der Waals surface area (Å²) in [6.07, 6.45) is 0. The highest BCUT2D eigenvalue weighted by molar-refractivity contribution is 6.04. The van der Waals surface area contributed by atoms with Gasteiger partial charge in [-0.15, -0.1) is 0 Å². The Balaban J connectivity index is 2.66. The zero-order valence-corrected chi connectivity index (χ0v) is 8.87. The van der Waals surface area contributed by atoms with Gasteiger partial charge in [-0.2, -0.15) is 0 Å². The maximum Gasteiger partial charge on any atom is 0.341 e. The number of benzene rings is 2. The predicted octanol–water partition coefficient (Wildman–Crippen LogP) is 3.16. The van der Waals surface area contributed by atoms with Crippen molar-refractivity contribution in [2.24, 2.45) is 0 Å². The molecule has 0 fully saturated rings. The number of fused-ring (bicyclic) bond motifs is 1. The molecule has 2 aromatic rings. The molecular formula is C13H11FO2. The van der Waals surface area contributed by atoms with Gasteiger partial charge in [-0.3, -0.25) is 0 Å². The minimum Gasteiger partial charge on any atom is -0.462 e. The Kier molecular flexibility index (Phi) is 2.86. The zero-order valence-electron chi connectivity index (χ0n) is 8.87. The third kappa shape index (κ3) is 1.76. The lowest BCUT2D eigenvalue weighted by atomic mass is 10.0. The van der Waals surface area contributed by atoms with Gasteiger partial charge in [0.2, 0.25) is 0 Å². The van der Waals surface area contributed by atoms with Gasteiger partial charge >= 0.3 is 5.97 Å².